The molecule has 0 atom stereocenters. The first-order valence-electron chi connectivity index (χ1n) is 6.46. The van der Waals surface area contributed by atoms with Crippen molar-refractivity contribution in [3.8, 4) is 0 Å². The van der Waals surface area contributed by atoms with Gasteiger partial charge >= 0.3 is 5.97 Å². The van der Waals surface area contributed by atoms with E-state index in [1.165, 1.54) is 4.90 Å². The molecule has 1 amide bonds. The number of anilines is 2. The lowest BCUT2D eigenvalue weighted by molar-refractivity contribution is -0.128. The number of ether oxygens (including phenoxy) is 1. The quantitative estimate of drug-likeness (QED) is 0.606. The molecular weight excluding hydrogens is 258 g/mol. The number of hydrogen-bond acceptors (Lipinski definition) is 5. The molecule has 0 bridgehead atoms. The van der Waals surface area contributed by atoms with E-state index in [1.54, 1.807) is 39.2 Å². The number of nitrogen functional groups attached to an aromatic ring is 1. The van der Waals surface area contributed by atoms with Crippen LogP contribution in [0.1, 0.15) is 23.7 Å². The van der Waals surface area contributed by atoms with Gasteiger partial charge in [-0.25, -0.2) is 4.79 Å². The van der Waals surface area contributed by atoms with Crippen LogP contribution in [0.4, 0.5) is 11.4 Å². The van der Waals surface area contributed by atoms with Crippen molar-refractivity contribution in [2.45, 2.75) is 13.3 Å². The summed E-state index contributed by atoms with van der Waals surface area (Å²) < 4.78 is 4.93. The molecule has 0 aliphatic heterocycles. The van der Waals surface area contributed by atoms with E-state index in [9.17, 15) is 9.59 Å². The number of nitrogens with zero attached hydrogens (tertiary/aromatic N) is 1. The van der Waals surface area contributed by atoms with Gasteiger partial charge in [0.1, 0.15) is 0 Å². The lowest BCUT2D eigenvalue weighted by atomic mass is 10.1. The van der Waals surface area contributed by atoms with Crippen LogP contribution in [0.25, 0.3) is 0 Å². The van der Waals surface area contributed by atoms with Crippen LogP contribution < -0.4 is 11.1 Å². The molecule has 0 unspecified atom stereocenters. The Kier molecular flexibility index (Phi) is 5.83. The standard InChI is InChI=1S/C14H21N3O3/c1-4-20-14(19)11-9-10(5-6-12(11)15)16-8-7-13(18)17(2)3/h5-6,9,16H,4,7-8,15H2,1-3H3. The highest BCUT2D eigenvalue weighted by atomic mass is 16.5. The minimum Gasteiger partial charge on any atom is -0.462 e. The van der Waals surface area contributed by atoms with Gasteiger partial charge in [-0.2, -0.15) is 0 Å². The Hall–Kier alpha value is -2.24. The van der Waals surface area contributed by atoms with Gasteiger partial charge in [-0.05, 0) is 25.1 Å². The fourth-order valence-electron chi connectivity index (χ4n) is 1.59. The van der Waals surface area contributed by atoms with Crippen LogP contribution >= 0.6 is 0 Å². The first kappa shape index (κ1) is 15.8. The highest BCUT2D eigenvalue weighted by Crippen LogP contribution is 2.19. The Labute approximate surface area is 118 Å². The molecule has 0 saturated carbocycles. The number of rotatable bonds is 6. The van der Waals surface area contributed by atoms with Crippen molar-refractivity contribution in [1.29, 1.82) is 0 Å². The molecule has 0 saturated heterocycles. The second-order valence-corrected chi connectivity index (χ2v) is 4.49. The lowest BCUT2D eigenvalue weighted by Gasteiger charge is -2.12. The average Bonchev–Trinajstić information content (AvgIpc) is 2.40. The Morgan fingerprint density at radius 1 is 1.35 bits per heavy atom. The van der Waals surface area contributed by atoms with Gasteiger partial charge in [0.05, 0.1) is 12.2 Å². The number of benzene rings is 1. The third-order valence-electron chi connectivity index (χ3n) is 2.72. The summed E-state index contributed by atoms with van der Waals surface area (Å²) in [6, 6.07) is 5.04. The Balaban J connectivity index is 2.66. The molecule has 0 radical (unpaired) electrons. The van der Waals surface area contributed by atoms with Crippen molar-refractivity contribution >= 4 is 23.3 Å². The van der Waals surface area contributed by atoms with E-state index >= 15 is 0 Å². The molecule has 0 spiro atoms. The first-order valence-corrected chi connectivity index (χ1v) is 6.46. The van der Waals surface area contributed by atoms with Crippen LogP contribution in [0.3, 0.4) is 0 Å². The molecular formula is C14H21N3O3. The Bertz CT molecular complexity index is 487. The molecule has 0 aromatic heterocycles. The largest absolute Gasteiger partial charge is 0.462 e. The number of nitrogens with one attached hydrogen (secondary N) is 1. The summed E-state index contributed by atoms with van der Waals surface area (Å²) in [5.74, 6) is -0.406. The minimum atomic E-state index is -0.446. The molecule has 3 N–H and O–H groups in total. The summed E-state index contributed by atoms with van der Waals surface area (Å²) in [6.45, 7) is 2.53. The number of nitrogens with two attached hydrogens (primary N) is 1. The number of esters is 1. The number of hydrogen-bond donors (Lipinski definition) is 2. The molecule has 20 heavy (non-hydrogen) atoms. The normalized spacial score (nSPS) is 9.95. The summed E-state index contributed by atoms with van der Waals surface area (Å²) in [5, 5.41) is 3.08. The van der Waals surface area contributed by atoms with Crippen molar-refractivity contribution in [3.63, 3.8) is 0 Å². The zero-order chi connectivity index (χ0) is 15.1. The lowest BCUT2D eigenvalue weighted by Crippen LogP contribution is -2.23. The Morgan fingerprint density at radius 3 is 2.65 bits per heavy atom. The fourth-order valence-corrected chi connectivity index (χ4v) is 1.59. The fraction of sp³-hybridized carbons (Fsp3) is 0.429. The van der Waals surface area contributed by atoms with E-state index in [0.29, 0.717) is 30.8 Å². The van der Waals surface area contributed by atoms with E-state index in [-0.39, 0.29) is 5.91 Å². The van der Waals surface area contributed by atoms with Gasteiger partial charge in [0.15, 0.2) is 0 Å². The molecule has 0 fully saturated rings. The summed E-state index contributed by atoms with van der Waals surface area (Å²) in [4.78, 5) is 24.7. The predicted octanol–water partition coefficient (Wildman–Crippen LogP) is 1.34. The van der Waals surface area contributed by atoms with E-state index < -0.39 is 5.97 Å². The van der Waals surface area contributed by atoms with Crippen LogP contribution in [0.5, 0.6) is 0 Å². The summed E-state index contributed by atoms with van der Waals surface area (Å²) in [7, 11) is 3.43. The van der Waals surface area contributed by atoms with Crippen LogP contribution in [0.2, 0.25) is 0 Å². The SMILES string of the molecule is CCOC(=O)c1cc(NCCC(=O)N(C)C)ccc1N. The molecule has 6 heteroatoms. The van der Waals surface area contributed by atoms with Crippen LogP contribution in [-0.4, -0.2) is 44.0 Å². The van der Waals surface area contributed by atoms with E-state index in [2.05, 4.69) is 5.32 Å². The minimum absolute atomic E-state index is 0.0403. The van der Waals surface area contributed by atoms with Gasteiger partial charge in [-0.15, -0.1) is 0 Å². The van der Waals surface area contributed by atoms with Crippen molar-refractivity contribution in [2.24, 2.45) is 0 Å². The number of amides is 1. The molecule has 0 aliphatic rings. The zero-order valence-corrected chi connectivity index (χ0v) is 12.1. The molecule has 1 aromatic carbocycles. The smallest absolute Gasteiger partial charge is 0.340 e. The first-order chi connectivity index (χ1) is 9.45. The summed E-state index contributed by atoms with van der Waals surface area (Å²) >= 11 is 0. The molecule has 0 heterocycles. The summed E-state index contributed by atoms with van der Waals surface area (Å²) in [6.07, 6.45) is 0.381. The van der Waals surface area contributed by atoms with Crippen molar-refractivity contribution in [3.05, 3.63) is 23.8 Å². The van der Waals surface area contributed by atoms with Crippen molar-refractivity contribution in [2.75, 3.05) is 38.3 Å². The van der Waals surface area contributed by atoms with Crippen LogP contribution in [-0.2, 0) is 9.53 Å². The highest BCUT2D eigenvalue weighted by Gasteiger charge is 2.11. The topological polar surface area (TPSA) is 84.7 Å². The molecule has 0 aliphatic carbocycles. The molecule has 110 valence electrons. The second-order valence-electron chi connectivity index (χ2n) is 4.49. The van der Waals surface area contributed by atoms with E-state index in [0.717, 1.165) is 5.69 Å². The number of carbonyl (C=O) groups excluding carboxylic acids is 2. The molecule has 1 aromatic rings. The third-order valence-corrected chi connectivity index (χ3v) is 2.72. The van der Waals surface area contributed by atoms with Crippen molar-refractivity contribution in [1.82, 2.24) is 4.90 Å². The van der Waals surface area contributed by atoms with Crippen molar-refractivity contribution < 1.29 is 14.3 Å². The van der Waals surface area contributed by atoms with Gasteiger partial charge < -0.3 is 20.7 Å². The summed E-state index contributed by atoms with van der Waals surface area (Å²) in [5.41, 5.74) is 7.18. The van der Waals surface area contributed by atoms with E-state index in [1.807, 2.05) is 0 Å². The zero-order valence-electron chi connectivity index (χ0n) is 12.1. The predicted molar refractivity (Wildman–Crippen MR) is 78.6 cm³/mol. The average molecular weight is 279 g/mol. The van der Waals surface area contributed by atoms with Gasteiger partial charge in [0.2, 0.25) is 5.91 Å². The maximum Gasteiger partial charge on any atom is 0.340 e. The maximum atomic E-state index is 11.7. The third kappa shape index (κ3) is 4.46. The van der Waals surface area contributed by atoms with Gasteiger partial charge in [-0.3, -0.25) is 4.79 Å². The Morgan fingerprint density at radius 2 is 2.05 bits per heavy atom. The van der Waals surface area contributed by atoms with Gasteiger partial charge in [0, 0.05) is 38.4 Å². The van der Waals surface area contributed by atoms with Gasteiger partial charge in [-0.1, -0.05) is 0 Å². The van der Waals surface area contributed by atoms with Gasteiger partial charge in [0.25, 0.3) is 0 Å². The van der Waals surface area contributed by atoms with Crippen LogP contribution in [0, 0.1) is 0 Å². The second kappa shape index (κ2) is 7.37. The van der Waals surface area contributed by atoms with Crippen LogP contribution in [0.15, 0.2) is 18.2 Å². The molecule has 1 rings (SSSR count). The van der Waals surface area contributed by atoms with E-state index in [4.69, 9.17) is 10.5 Å². The maximum absolute atomic E-state index is 11.7. The molecule has 6 nitrogen and oxygen atoms in total. The highest BCUT2D eigenvalue weighted by molar-refractivity contribution is 5.96. The number of carbonyl (C=O) groups is 2. The monoisotopic (exact) mass is 279 g/mol.